The summed E-state index contributed by atoms with van der Waals surface area (Å²) < 4.78 is 75.0. The molecule has 35 heavy (non-hydrogen) atoms. The van der Waals surface area contributed by atoms with Gasteiger partial charge in [0.25, 0.3) is 5.91 Å². The van der Waals surface area contributed by atoms with Crippen LogP contribution in [0.5, 0.6) is 5.75 Å². The van der Waals surface area contributed by atoms with Crippen LogP contribution in [0, 0.1) is 11.6 Å². The molecule has 1 aliphatic heterocycles. The molecular weight excluding hydrogens is 473 g/mol. The van der Waals surface area contributed by atoms with Crippen molar-refractivity contribution in [3.05, 3.63) is 59.6 Å². The number of fused-ring (bicyclic) bond motifs is 4. The zero-order valence-corrected chi connectivity index (χ0v) is 18.7. The molecule has 7 nitrogen and oxygen atoms in total. The molecule has 1 aliphatic rings. The first-order valence-electron chi connectivity index (χ1n) is 10.6. The first-order chi connectivity index (χ1) is 16.6. The van der Waals surface area contributed by atoms with E-state index in [2.05, 4.69) is 23.8 Å². The van der Waals surface area contributed by atoms with Crippen LogP contribution in [-0.4, -0.2) is 33.4 Å². The Labute approximate surface area is 195 Å². The largest absolute Gasteiger partial charge is 0.486 e. The number of rotatable bonds is 1. The van der Waals surface area contributed by atoms with Crippen molar-refractivity contribution < 1.29 is 31.5 Å². The minimum Gasteiger partial charge on any atom is -0.486 e. The fraction of sp³-hybridized carbons (Fsp3) is 0.261. The molecule has 3 heterocycles. The van der Waals surface area contributed by atoms with E-state index < -0.39 is 35.0 Å². The topological polar surface area (TPSA) is 85.8 Å². The van der Waals surface area contributed by atoms with E-state index in [1.54, 1.807) is 0 Å². The van der Waals surface area contributed by atoms with E-state index >= 15 is 0 Å². The quantitative estimate of drug-likeness (QED) is 0.368. The lowest BCUT2D eigenvalue weighted by Crippen LogP contribution is -2.39. The maximum atomic E-state index is 14.9. The van der Waals surface area contributed by atoms with Gasteiger partial charge >= 0.3 is 6.18 Å². The first kappa shape index (κ1) is 24.2. The molecule has 2 N–H and O–H groups in total. The summed E-state index contributed by atoms with van der Waals surface area (Å²) in [6.45, 7) is 3.87. The highest BCUT2D eigenvalue weighted by molar-refractivity contribution is 6.09. The lowest BCUT2D eigenvalue weighted by molar-refractivity contribution is -0.140. The normalized spacial score (nSPS) is 13.3. The van der Waals surface area contributed by atoms with Crippen LogP contribution in [0.25, 0.3) is 16.6 Å². The molecule has 4 aromatic rings. The van der Waals surface area contributed by atoms with Gasteiger partial charge in [0.2, 0.25) is 0 Å². The minimum atomic E-state index is -4.94. The van der Waals surface area contributed by atoms with E-state index in [0.717, 1.165) is 17.0 Å². The molecular formula is C23H20F5N5O2. The van der Waals surface area contributed by atoms with Crippen LogP contribution >= 0.6 is 0 Å². The van der Waals surface area contributed by atoms with Gasteiger partial charge in [-0.1, -0.05) is 20.3 Å². The number of carbonyl (C=O) groups excluding carboxylic acids is 1. The van der Waals surface area contributed by atoms with Crippen LogP contribution in [-0.2, 0) is 6.18 Å². The highest BCUT2D eigenvalue weighted by Crippen LogP contribution is 2.42. The summed E-state index contributed by atoms with van der Waals surface area (Å²) in [7, 11) is 0. The average molecular weight is 493 g/mol. The Morgan fingerprint density at radius 3 is 2.57 bits per heavy atom. The van der Waals surface area contributed by atoms with Crippen LogP contribution in [0.2, 0.25) is 0 Å². The number of hydrogen-bond donors (Lipinski definition) is 1. The molecule has 0 saturated carbocycles. The van der Waals surface area contributed by atoms with Crippen LogP contribution < -0.4 is 15.4 Å². The molecule has 12 heteroatoms. The first-order valence-corrected chi connectivity index (χ1v) is 10.6. The van der Waals surface area contributed by atoms with Crippen molar-refractivity contribution in [2.24, 2.45) is 0 Å². The van der Waals surface area contributed by atoms with Gasteiger partial charge in [0.05, 0.1) is 46.9 Å². The maximum absolute atomic E-state index is 14.9. The van der Waals surface area contributed by atoms with Crippen molar-refractivity contribution in [3.63, 3.8) is 0 Å². The number of imidazole rings is 1. The summed E-state index contributed by atoms with van der Waals surface area (Å²) in [4.78, 5) is 22.2. The van der Waals surface area contributed by atoms with Crippen molar-refractivity contribution in [2.45, 2.75) is 26.4 Å². The van der Waals surface area contributed by atoms with Crippen LogP contribution in [0.15, 0.2) is 36.8 Å². The third-order valence-electron chi connectivity index (χ3n) is 5.17. The second-order valence-electron chi connectivity index (χ2n) is 7.75. The van der Waals surface area contributed by atoms with E-state index in [1.807, 2.05) is 0 Å². The van der Waals surface area contributed by atoms with Gasteiger partial charge in [-0.15, -0.1) is 0 Å². The number of aromatic nitrogens is 3. The molecule has 1 amide bonds. The predicted molar refractivity (Wildman–Crippen MR) is 119 cm³/mol. The smallest absolute Gasteiger partial charge is 0.419 e. The molecule has 0 atom stereocenters. The van der Waals surface area contributed by atoms with E-state index in [-0.39, 0.29) is 35.7 Å². The number of anilines is 2. The van der Waals surface area contributed by atoms with E-state index in [1.165, 1.54) is 29.4 Å². The maximum Gasteiger partial charge on any atom is 0.419 e. The van der Waals surface area contributed by atoms with E-state index in [0.29, 0.717) is 17.1 Å². The summed E-state index contributed by atoms with van der Waals surface area (Å²) in [6.07, 6.45) is -0.823. The SMILES string of the molecule is CCC.Nc1nc2cc(F)c(C(=O)N3CCOc4c3ccc(C(F)(F)F)c4F)cc2n2cncc12. The summed E-state index contributed by atoms with van der Waals surface area (Å²) in [6, 6.07) is 3.70. The lowest BCUT2D eigenvalue weighted by Gasteiger charge is -2.30. The molecule has 0 saturated heterocycles. The summed E-state index contributed by atoms with van der Waals surface area (Å²) in [5, 5.41) is 0. The van der Waals surface area contributed by atoms with Gasteiger partial charge in [0, 0.05) is 6.07 Å². The van der Waals surface area contributed by atoms with Gasteiger partial charge in [-0.25, -0.2) is 18.7 Å². The number of benzene rings is 2. The summed E-state index contributed by atoms with van der Waals surface area (Å²) >= 11 is 0. The third kappa shape index (κ3) is 4.19. The predicted octanol–water partition coefficient (Wildman–Crippen LogP) is 5.22. The van der Waals surface area contributed by atoms with Gasteiger partial charge in [-0.2, -0.15) is 13.2 Å². The molecule has 2 aromatic carbocycles. The van der Waals surface area contributed by atoms with Crippen LogP contribution in [0.3, 0.4) is 0 Å². The number of ether oxygens (including phenoxy) is 1. The van der Waals surface area contributed by atoms with Crippen molar-refractivity contribution >= 4 is 34.0 Å². The monoisotopic (exact) mass is 493 g/mol. The van der Waals surface area contributed by atoms with Crippen LogP contribution in [0.4, 0.5) is 33.5 Å². The number of nitrogens with two attached hydrogens (primary N) is 1. The van der Waals surface area contributed by atoms with E-state index in [4.69, 9.17) is 10.5 Å². The fourth-order valence-electron chi connectivity index (χ4n) is 3.69. The third-order valence-corrected chi connectivity index (χ3v) is 5.17. The lowest BCUT2D eigenvalue weighted by atomic mass is 10.1. The molecule has 0 unspecified atom stereocenters. The number of alkyl halides is 3. The standard InChI is InChI=1S/C20H12F5N5O2.C3H8/c21-11-6-12-14(30-8-27-7-15(30)18(26)28-12)5-9(11)19(31)29-3-4-32-17-13(29)2-1-10(16(17)22)20(23,24)25;1-3-2/h1-2,5-8H,3-4H2,(H2,26,28);3H2,1-2H3. The Hall–Kier alpha value is -3.96. The summed E-state index contributed by atoms with van der Waals surface area (Å²) in [5.74, 6) is -4.03. The second kappa shape index (κ2) is 9.01. The molecule has 0 radical (unpaired) electrons. The van der Waals surface area contributed by atoms with Crippen molar-refractivity contribution in [2.75, 3.05) is 23.8 Å². The number of halogens is 5. The Morgan fingerprint density at radius 1 is 1.17 bits per heavy atom. The Morgan fingerprint density at radius 2 is 1.89 bits per heavy atom. The summed E-state index contributed by atoms with van der Waals surface area (Å²) in [5.41, 5.74) is 4.67. The van der Waals surface area contributed by atoms with Gasteiger partial charge < -0.3 is 15.4 Å². The zero-order chi connectivity index (χ0) is 25.5. The average Bonchev–Trinajstić information content (AvgIpc) is 3.29. The van der Waals surface area contributed by atoms with Gasteiger partial charge in [-0.3, -0.25) is 9.20 Å². The van der Waals surface area contributed by atoms with Crippen LogP contribution in [0.1, 0.15) is 36.2 Å². The number of carbonyl (C=O) groups is 1. The fourth-order valence-corrected chi connectivity index (χ4v) is 3.69. The van der Waals surface area contributed by atoms with Crippen molar-refractivity contribution in [1.82, 2.24) is 14.4 Å². The number of amides is 1. The van der Waals surface area contributed by atoms with Crippen molar-refractivity contribution in [1.29, 1.82) is 0 Å². The van der Waals surface area contributed by atoms with Gasteiger partial charge in [0.1, 0.15) is 23.8 Å². The van der Waals surface area contributed by atoms with E-state index in [9.17, 15) is 26.7 Å². The molecule has 184 valence electrons. The molecule has 0 bridgehead atoms. The van der Waals surface area contributed by atoms with Gasteiger partial charge in [-0.05, 0) is 18.2 Å². The highest BCUT2D eigenvalue weighted by atomic mass is 19.4. The molecule has 5 rings (SSSR count). The molecule has 0 fully saturated rings. The molecule has 2 aromatic heterocycles. The number of nitrogens with zero attached hydrogens (tertiary/aromatic N) is 4. The molecule has 0 aliphatic carbocycles. The molecule has 0 spiro atoms. The van der Waals surface area contributed by atoms with Crippen molar-refractivity contribution in [3.8, 4) is 5.75 Å². The highest BCUT2D eigenvalue weighted by Gasteiger charge is 2.38. The zero-order valence-electron chi connectivity index (χ0n) is 18.7. The van der Waals surface area contributed by atoms with Gasteiger partial charge in [0.15, 0.2) is 11.6 Å². The minimum absolute atomic E-state index is 0.116. The second-order valence-corrected chi connectivity index (χ2v) is 7.75. The number of hydrogen-bond acceptors (Lipinski definition) is 5. The Kier molecular flexibility index (Phi) is 6.22. The Bertz CT molecular complexity index is 1430. The number of nitrogen functional groups attached to an aromatic ring is 1. The Balaban J connectivity index is 0.000000917.